The van der Waals surface area contributed by atoms with Crippen LogP contribution in [0.5, 0.6) is 0 Å². The number of nitrogens with two attached hydrogens (primary N) is 1. The molecule has 0 aliphatic carbocycles. The fourth-order valence-electron chi connectivity index (χ4n) is 1.52. The molecule has 94 valence electrons. The molecule has 0 radical (unpaired) electrons. The van der Waals surface area contributed by atoms with Crippen LogP contribution in [0.15, 0.2) is 18.2 Å². The van der Waals surface area contributed by atoms with Gasteiger partial charge in [0.2, 0.25) is 5.91 Å². The fourth-order valence-corrected chi connectivity index (χ4v) is 1.52. The van der Waals surface area contributed by atoms with Crippen LogP contribution in [-0.2, 0) is 0 Å². The lowest BCUT2D eigenvalue weighted by Gasteiger charge is -2.13. The van der Waals surface area contributed by atoms with Crippen LogP contribution in [0.3, 0.4) is 0 Å². The summed E-state index contributed by atoms with van der Waals surface area (Å²) in [5, 5.41) is 6.04. The summed E-state index contributed by atoms with van der Waals surface area (Å²) < 4.78 is 13.6. The number of anilines is 1. The third-order valence-electron chi connectivity index (χ3n) is 2.45. The van der Waals surface area contributed by atoms with Crippen LogP contribution in [0.2, 0.25) is 0 Å². The van der Waals surface area contributed by atoms with E-state index in [1.807, 2.05) is 7.05 Å². The molecular formula is C12H18FN3O. The average Bonchev–Trinajstić information content (AvgIpc) is 2.27. The van der Waals surface area contributed by atoms with Gasteiger partial charge in [0, 0.05) is 12.1 Å². The number of nitrogens with one attached hydrogen (secondary N) is 2. The monoisotopic (exact) mass is 239 g/mol. The highest BCUT2D eigenvalue weighted by atomic mass is 19.1. The Labute approximate surface area is 100 Å². The van der Waals surface area contributed by atoms with E-state index >= 15 is 0 Å². The van der Waals surface area contributed by atoms with E-state index in [0.29, 0.717) is 18.2 Å². The summed E-state index contributed by atoms with van der Waals surface area (Å²) in [7, 11) is 1.87. The lowest BCUT2D eigenvalue weighted by Crippen LogP contribution is -2.23. The highest BCUT2D eigenvalue weighted by molar-refractivity contribution is 5.93. The molecule has 0 aromatic heterocycles. The number of hydrogen-bond acceptors (Lipinski definition) is 3. The van der Waals surface area contributed by atoms with Gasteiger partial charge in [0.1, 0.15) is 5.82 Å². The molecule has 4 N–H and O–H groups in total. The number of carbonyl (C=O) groups excluding carboxylic acids is 1. The SMILES string of the molecule is CNCC(C)CNc1ccc(C(N)=O)cc1F. The van der Waals surface area contributed by atoms with E-state index in [1.165, 1.54) is 12.1 Å². The predicted molar refractivity (Wildman–Crippen MR) is 66.5 cm³/mol. The zero-order valence-corrected chi connectivity index (χ0v) is 10.1. The van der Waals surface area contributed by atoms with E-state index in [4.69, 9.17) is 5.73 Å². The molecule has 0 aliphatic rings. The van der Waals surface area contributed by atoms with Crippen molar-refractivity contribution in [1.29, 1.82) is 0 Å². The molecule has 0 spiro atoms. The molecule has 0 aliphatic heterocycles. The van der Waals surface area contributed by atoms with Crippen molar-refractivity contribution in [2.45, 2.75) is 6.92 Å². The van der Waals surface area contributed by atoms with Crippen molar-refractivity contribution in [3.05, 3.63) is 29.6 Å². The smallest absolute Gasteiger partial charge is 0.248 e. The molecule has 1 amide bonds. The lowest BCUT2D eigenvalue weighted by atomic mass is 10.1. The second-order valence-electron chi connectivity index (χ2n) is 4.10. The molecule has 0 fully saturated rings. The first kappa shape index (κ1) is 13.4. The quantitative estimate of drug-likeness (QED) is 0.698. The van der Waals surface area contributed by atoms with Gasteiger partial charge in [-0.25, -0.2) is 4.39 Å². The van der Waals surface area contributed by atoms with Gasteiger partial charge in [-0.15, -0.1) is 0 Å². The van der Waals surface area contributed by atoms with Gasteiger partial charge >= 0.3 is 0 Å². The van der Waals surface area contributed by atoms with Crippen LogP contribution >= 0.6 is 0 Å². The lowest BCUT2D eigenvalue weighted by molar-refractivity contribution is 0.1000. The van der Waals surface area contributed by atoms with Gasteiger partial charge in [0.05, 0.1) is 5.69 Å². The minimum atomic E-state index is -0.626. The molecule has 1 aromatic rings. The normalized spacial score (nSPS) is 12.2. The molecular weight excluding hydrogens is 221 g/mol. The van der Waals surface area contributed by atoms with Crippen molar-refractivity contribution < 1.29 is 9.18 Å². The highest BCUT2D eigenvalue weighted by Crippen LogP contribution is 2.15. The van der Waals surface area contributed by atoms with Crippen molar-refractivity contribution >= 4 is 11.6 Å². The maximum atomic E-state index is 13.6. The van der Waals surface area contributed by atoms with Crippen LogP contribution in [-0.4, -0.2) is 26.0 Å². The maximum Gasteiger partial charge on any atom is 0.248 e. The van der Waals surface area contributed by atoms with Crippen LogP contribution in [0, 0.1) is 11.7 Å². The molecule has 1 unspecified atom stereocenters. The summed E-state index contributed by atoms with van der Waals surface area (Å²) in [6.45, 7) is 3.57. The highest BCUT2D eigenvalue weighted by Gasteiger charge is 2.07. The minimum Gasteiger partial charge on any atom is -0.382 e. The zero-order chi connectivity index (χ0) is 12.8. The topological polar surface area (TPSA) is 67.2 Å². The van der Waals surface area contributed by atoms with E-state index in [9.17, 15) is 9.18 Å². The number of halogens is 1. The Bertz CT molecular complexity index is 395. The Kier molecular flexibility index (Phi) is 4.90. The van der Waals surface area contributed by atoms with Crippen LogP contribution < -0.4 is 16.4 Å². The second kappa shape index (κ2) is 6.20. The first-order valence-electron chi connectivity index (χ1n) is 5.52. The third kappa shape index (κ3) is 4.03. The van der Waals surface area contributed by atoms with Gasteiger partial charge < -0.3 is 16.4 Å². The molecule has 0 heterocycles. The first-order valence-corrected chi connectivity index (χ1v) is 5.52. The number of carbonyl (C=O) groups is 1. The van der Waals surface area contributed by atoms with Crippen molar-refractivity contribution in [1.82, 2.24) is 5.32 Å². The summed E-state index contributed by atoms with van der Waals surface area (Å²) in [4.78, 5) is 10.8. The number of rotatable bonds is 6. The number of hydrogen-bond donors (Lipinski definition) is 3. The molecule has 0 bridgehead atoms. The van der Waals surface area contributed by atoms with Gasteiger partial charge in [-0.1, -0.05) is 6.92 Å². The Morgan fingerprint density at radius 2 is 2.18 bits per heavy atom. The van der Waals surface area contributed by atoms with Crippen molar-refractivity contribution in [3.8, 4) is 0 Å². The van der Waals surface area contributed by atoms with E-state index in [-0.39, 0.29) is 5.56 Å². The van der Waals surface area contributed by atoms with Gasteiger partial charge in [-0.05, 0) is 37.7 Å². The van der Waals surface area contributed by atoms with Crippen LogP contribution in [0.25, 0.3) is 0 Å². The van der Waals surface area contributed by atoms with Gasteiger partial charge in [0.15, 0.2) is 0 Å². The van der Waals surface area contributed by atoms with Crippen molar-refractivity contribution in [2.75, 3.05) is 25.5 Å². The molecule has 17 heavy (non-hydrogen) atoms. The van der Waals surface area contributed by atoms with Gasteiger partial charge in [-0.3, -0.25) is 4.79 Å². The number of primary amides is 1. The van der Waals surface area contributed by atoms with Crippen LogP contribution in [0.4, 0.5) is 10.1 Å². The Hall–Kier alpha value is -1.62. The van der Waals surface area contributed by atoms with Gasteiger partial charge in [-0.2, -0.15) is 0 Å². The number of benzene rings is 1. The van der Waals surface area contributed by atoms with E-state index in [1.54, 1.807) is 0 Å². The molecule has 0 saturated heterocycles. The summed E-state index contributed by atoms with van der Waals surface area (Å²) in [5.74, 6) is -0.702. The fraction of sp³-hybridized carbons (Fsp3) is 0.417. The van der Waals surface area contributed by atoms with Crippen LogP contribution in [0.1, 0.15) is 17.3 Å². The standard InChI is InChI=1S/C12H18FN3O/c1-8(6-15-2)7-16-11-4-3-9(12(14)17)5-10(11)13/h3-5,8,15-16H,6-7H2,1-2H3,(H2,14,17). The number of amides is 1. The predicted octanol–water partition coefficient (Wildman–Crippen LogP) is 1.19. The summed E-state index contributed by atoms with van der Waals surface area (Å²) in [5.41, 5.74) is 5.62. The summed E-state index contributed by atoms with van der Waals surface area (Å²) >= 11 is 0. The Morgan fingerprint density at radius 1 is 1.47 bits per heavy atom. The minimum absolute atomic E-state index is 0.177. The van der Waals surface area contributed by atoms with E-state index < -0.39 is 11.7 Å². The molecule has 1 rings (SSSR count). The second-order valence-corrected chi connectivity index (χ2v) is 4.10. The van der Waals surface area contributed by atoms with Gasteiger partial charge in [0.25, 0.3) is 0 Å². The van der Waals surface area contributed by atoms with Crippen molar-refractivity contribution in [2.24, 2.45) is 11.7 Å². The molecule has 4 nitrogen and oxygen atoms in total. The third-order valence-corrected chi connectivity index (χ3v) is 2.45. The Morgan fingerprint density at radius 3 is 2.71 bits per heavy atom. The molecule has 0 saturated carbocycles. The largest absolute Gasteiger partial charge is 0.382 e. The zero-order valence-electron chi connectivity index (χ0n) is 10.1. The molecule has 1 atom stereocenters. The summed E-state index contributed by atoms with van der Waals surface area (Å²) in [6.07, 6.45) is 0. The molecule has 5 heteroatoms. The van der Waals surface area contributed by atoms with E-state index in [2.05, 4.69) is 17.6 Å². The average molecular weight is 239 g/mol. The molecule has 1 aromatic carbocycles. The maximum absolute atomic E-state index is 13.6. The summed E-state index contributed by atoms with van der Waals surface area (Å²) in [6, 6.07) is 4.19. The van der Waals surface area contributed by atoms with Crippen molar-refractivity contribution in [3.63, 3.8) is 0 Å². The first-order chi connectivity index (χ1) is 8.04. The Balaban J connectivity index is 2.63. The van der Waals surface area contributed by atoms with E-state index in [0.717, 1.165) is 12.6 Å².